The fourth-order valence-corrected chi connectivity index (χ4v) is 4.63. The molecule has 2 heterocycles. The molecule has 2 aromatic rings. The van der Waals surface area contributed by atoms with Crippen LogP contribution in [0.15, 0.2) is 45.9 Å². The summed E-state index contributed by atoms with van der Waals surface area (Å²) in [5.74, 6) is -0.115. The van der Waals surface area contributed by atoms with Gasteiger partial charge in [-0.15, -0.1) is 0 Å². The molecule has 9 heteroatoms. The Morgan fingerprint density at radius 1 is 1.28 bits per heavy atom. The summed E-state index contributed by atoms with van der Waals surface area (Å²) in [6.07, 6.45) is 3.04. The zero-order valence-corrected chi connectivity index (χ0v) is 16.1. The average Bonchev–Trinajstić information content (AvgIpc) is 3.00. The number of benzene rings is 1. The predicted molar refractivity (Wildman–Crippen MR) is 97.5 cm³/mol. The van der Waals surface area contributed by atoms with Crippen LogP contribution in [0.1, 0.15) is 12.8 Å². The second-order valence-electron chi connectivity index (χ2n) is 6.02. The van der Waals surface area contributed by atoms with Gasteiger partial charge in [0.15, 0.2) is 5.82 Å². The lowest BCUT2D eigenvalue weighted by molar-refractivity contribution is -0.120. The van der Waals surface area contributed by atoms with Crippen LogP contribution in [0, 0.1) is 5.92 Å². The number of nitrogens with zero attached hydrogens (tertiary/aromatic N) is 3. The first-order valence-corrected chi connectivity index (χ1v) is 10.2. The Labute approximate surface area is 155 Å². The van der Waals surface area contributed by atoms with E-state index in [9.17, 15) is 13.2 Å². The third-order valence-corrected chi connectivity index (χ3v) is 6.58. The van der Waals surface area contributed by atoms with Crippen molar-refractivity contribution in [1.82, 2.24) is 14.1 Å². The first kappa shape index (κ1) is 18.1. The van der Waals surface area contributed by atoms with Crippen LogP contribution in [-0.4, -0.2) is 41.5 Å². The Kier molecular flexibility index (Phi) is 5.26. The van der Waals surface area contributed by atoms with Crippen LogP contribution in [0.3, 0.4) is 0 Å². The number of piperidine rings is 1. The number of anilines is 1. The van der Waals surface area contributed by atoms with Gasteiger partial charge < -0.3 is 5.32 Å². The molecule has 1 unspecified atom stereocenters. The SMILES string of the molecule is Cn1ccc(NC(=O)C2CCCN(S(=O)(=O)c3ccc(Br)cc3)C2)n1. The number of nitrogens with one attached hydrogen (secondary N) is 1. The summed E-state index contributed by atoms with van der Waals surface area (Å²) < 4.78 is 29.4. The van der Waals surface area contributed by atoms with Crippen molar-refractivity contribution >= 4 is 37.7 Å². The lowest BCUT2D eigenvalue weighted by Gasteiger charge is -2.31. The fraction of sp³-hybridized carbons (Fsp3) is 0.375. The number of sulfonamides is 1. The van der Waals surface area contributed by atoms with E-state index >= 15 is 0 Å². The van der Waals surface area contributed by atoms with Crippen LogP contribution in [0.25, 0.3) is 0 Å². The topological polar surface area (TPSA) is 84.3 Å². The van der Waals surface area contributed by atoms with Gasteiger partial charge in [-0.05, 0) is 37.1 Å². The van der Waals surface area contributed by atoms with Crippen LogP contribution in [-0.2, 0) is 21.9 Å². The molecule has 0 spiro atoms. The van der Waals surface area contributed by atoms with E-state index in [1.807, 2.05) is 0 Å². The van der Waals surface area contributed by atoms with E-state index in [2.05, 4.69) is 26.3 Å². The summed E-state index contributed by atoms with van der Waals surface area (Å²) in [5.41, 5.74) is 0. The number of halogens is 1. The molecule has 1 amide bonds. The van der Waals surface area contributed by atoms with Crippen molar-refractivity contribution in [3.63, 3.8) is 0 Å². The molecule has 7 nitrogen and oxygen atoms in total. The van der Waals surface area contributed by atoms with Gasteiger partial charge in [-0.2, -0.15) is 9.40 Å². The standard InChI is InChI=1S/C16H19BrN4O3S/c1-20-10-8-15(19-20)18-16(22)12-3-2-9-21(11-12)25(23,24)14-6-4-13(17)5-7-14/h4-8,10,12H,2-3,9,11H2,1H3,(H,18,19,22). The molecule has 1 N–H and O–H groups in total. The molecule has 25 heavy (non-hydrogen) atoms. The van der Waals surface area contributed by atoms with Gasteiger partial charge >= 0.3 is 0 Å². The minimum Gasteiger partial charge on any atom is -0.309 e. The van der Waals surface area contributed by atoms with Gasteiger partial charge in [0.05, 0.1) is 10.8 Å². The zero-order valence-electron chi connectivity index (χ0n) is 13.7. The van der Waals surface area contributed by atoms with E-state index in [0.717, 1.165) is 4.47 Å². The Morgan fingerprint density at radius 3 is 2.64 bits per heavy atom. The average molecular weight is 427 g/mol. The van der Waals surface area contributed by atoms with Crippen LogP contribution in [0.5, 0.6) is 0 Å². The Hall–Kier alpha value is -1.71. The van der Waals surface area contributed by atoms with Gasteiger partial charge in [0.25, 0.3) is 0 Å². The molecule has 3 rings (SSSR count). The molecule has 1 fully saturated rings. The monoisotopic (exact) mass is 426 g/mol. The number of amides is 1. The van der Waals surface area contributed by atoms with Crippen molar-refractivity contribution < 1.29 is 13.2 Å². The summed E-state index contributed by atoms with van der Waals surface area (Å²) in [6.45, 7) is 0.600. The first-order valence-electron chi connectivity index (χ1n) is 7.92. The van der Waals surface area contributed by atoms with E-state index in [1.165, 1.54) is 4.31 Å². The molecule has 1 saturated heterocycles. The molecule has 0 saturated carbocycles. The Bertz CT molecular complexity index is 864. The highest BCUT2D eigenvalue weighted by Gasteiger charge is 2.33. The highest BCUT2D eigenvalue weighted by atomic mass is 79.9. The van der Waals surface area contributed by atoms with Crippen LogP contribution >= 0.6 is 15.9 Å². The largest absolute Gasteiger partial charge is 0.309 e. The predicted octanol–water partition coefficient (Wildman–Crippen LogP) is 2.22. The molecule has 0 bridgehead atoms. The van der Waals surface area contributed by atoms with Gasteiger partial charge in [-0.25, -0.2) is 8.42 Å². The second-order valence-corrected chi connectivity index (χ2v) is 8.87. The summed E-state index contributed by atoms with van der Waals surface area (Å²) in [7, 11) is -1.83. The Balaban J connectivity index is 1.71. The third kappa shape index (κ3) is 4.10. The molecule has 134 valence electrons. The van der Waals surface area contributed by atoms with Gasteiger partial charge in [0, 0.05) is 36.9 Å². The van der Waals surface area contributed by atoms with Crippen molar-refractivity contribution in [2.75, 3.05) is 18.4 Å². The summed E-state index contributed by atoms with van der Waals surface area (Å²) in [4.78, 5) is 12.7. The number of aromatic nitrogens is 2. The highest BCUT2D eigenvalue weighted by molar-refractivity contribution is 9.10. The minimum absolute atomic E-state index is 0.178. The minimum atomic E-state index is -3.60. The van der Waals surface area contributed by atoms with E-state index in [-0.39, 0.29) is 23.3 Å². The number of hydrogen-bond acceptors (Lipinski definition) is 4. The molecular weight excluding hydrogens is 408 g/mol. The first-order chi connectivity index (χ1) is 11.9. The van der Waals surface area contributed by atoms with Crippen molar-refractivity contribution in [1.29, 1.82) is 0 Å². The van der Waals surface area contributed by atoms with E-state index < -0.39 is 10.0 Å². The zero-order chi connectivity index (χ0) is 18.0. The van der Waals surface area contributed by atoms with Crippen molar-refractivity contribution in [3.8, 4) is 0 Å². The Morgan fingerprint density at radius 2 is 2.00 bits per heavy atom. The van der Waals surface area contributed by atoms with Crippen molar-refractivity contribution in [2.24, 2.45) is 13.0 Å². The third-order valence-electron chi connectivity index (χ3n) is 4.17. The maximum atomic E-state index is 12.8. The lowest BCUT2D eigenvalue weighted by atomic mass is 9.99. The maximum absolute atomic E-state index is 12.8. The molecule has 1 aromatic heterocycles. The number of aryl methyl sites for hydroxylation is 1. The van der Waals surface area contributed by atoms with Crippen molar-refractivity contribution in [2.45, 2.75) is 17.7 Å². The molecule has 0 radical (unpaired) electrons. The molecule has 0 aliphatic carbocycles. The van der Waals surface area contributed by atoms with Crippen LogP contribution in [0.2, 0.25) is 0 Å². The highest BCUT2D eigenvalue weighted by Crippen LogP contribution is 2.25. The van der Waals surface area contributed by atoms with E-state index in [1.54, 1.807) is 48.3 Å². The molecule has 1 aromatic carbocycles. The lowest BCUT2D eigenvalue weighted by Crippen LogP contribution is -2.43. The summed E-state index contributed by atoms with van der Waals surface area (Å²) >= 11 is 3.30. The van der Waals surface area contributed by atoms with Gasteiger partial charge in [-0.1, -0.05) is 15.9 Å². The maximum Gasteiger partial charge on any atom is 0.243 e. The number of rotatable bonds is 4. The quantitative estimate of drug-likeness (QED) is 0.811. The molecular formula is C16H19BrN4O3S. The van der Waals surface area contributed by atoms with Crippen LogP contribution < -0.4 is 5.32 Å². The van der Waals surface area contributed by atoms with Gasteiger partial charge in [0.1, 0.15) is 0 Å². The van der Waals surface area contributed by atoms with E-state index in [0.29, 0.717) is 25.2 Å². The fourth-order valence-electron chi connectivity index (χ4n) is 2.84. The molecule has 1 aliphatic rings. The summed E-state index contributed by atoms with van der Waals surface area (Å²) in [5, 5.41) is 6.87. The molecule has 1 atom stereocenters. The second kappa shape index (κ2) is 7.27. The van der Waals surface area contributed by atoms with Crippen LogP contribution in [0.4, 0.5) is 5.82 Å². The van der Waals surface area contributed by atoms with E-state index in [4.69, 9.17) is 0 Å². The number of carbonyl (C=O) groups excluding carboxylic acids is 1. The number of carbonyl (C=O) groups is 1. The van der Waals surface area contributed by atoms with Gasteiger partial charge in [0.2, 0.25) is 15.9 Å². The van der Waals surface area contributed by atoms with Crippen molar-refractivity contribution in [3.05, 3.63) is 41.0 Å². The smallest absolute Gasteiger partial charge is 0.243 e. The summed E-state index contributed by atoms with van der Waals surface area (Å²) in [6, 6.07) is 8.23. The number of hydrogen-bond donors (Lipinski definition) is 1. The molecule has 1 aliphatic heterocycles. The van der Waals surface area contributed by atoms with Gasteiger partial charge in [-0.3, -0.25) is 9.48 Å². The normalized spacial score (nSPS) is 18.9.